The summed E-state index contributed by atoms with van der Waals surface area (Å²) in [4.78, 5) is 41.5. The summed E-state index contributed by atoms with van der Waals surface area (Å²) >= 11 is 0. The molecule has 0 bridgehead atoms. The molecule has 0 spiro atoms. The number of hydrogen-bond acceptors (Lipinski definition) is 5. The van der Waals surface area contributed by atoms with Gasteiger partial charge in [-0.15, -0.1) is 0 Å². The largest absolute Gasteiger partial charge is 0.379 e. The van der Waals surface area contributed by atoms with E-state index in [1.165, 1.54) is 11.1 Å². The minimum Gasteiger partial charge on any atom is -0.379 e. The number of morpholine rings is 1. The molecule has 0 radical (unpaired) electrons. The van der Waals surface area contributed by atoms with Gasteiger partial charge in [-0.3, -0.25) is 29.5 Å². The van der Waals surface area contributed by atoms with Crippen LogP contribution in [0.15, 0.2) is 54.6 Å². The lowest BCUT2D eigenvalue weighted by atomic mass is 9.95. The van der Waals surface area contributed by atoms with Crippen molar-refractivity contribution in [1.29, 1.82) is 0 Å². The predicted octanol–water partition coefficient (Wildman–Crippen LogP) is 3.03. The molecular formula is C28H27N3O4. The van der Waals surface area contributed by atoms with Crippen molar-refractivity contribution in [2.75, 3.05) is 31.2 Å². The molecule has 3 heterocycles. The van der Waals surface area contributed by atoms with E-state index in [1.807, 2.05) is 24.3 Å². The fraction of sp³-hybridized carbons (Fsp3) is 0.321. The Balaban J connectivity index is 1.27. The molecular weight excluding hydrogens is 442 g/mol. The number of carbonyl (C=O) groups is 3. The molecule has 2 fully saturated rings. The Labute approximate surface area is 203 Å². The second kappa shape index (κ2) is 8.91. The molecule has 35 heavy (non-hydrogen) atoms. The molecule has 7 nitrogen and oxygen atoms in total. The topological polar surface area (TPSA) is 79.0 Å². The van der Waals surface area contributed by atoms with Crippen LogP contribution in [0.1, 0.15) is 39.9 Å². The van der Waals surface area contributed by atoms with Gasteiger partial charge in [-0.1, -0.05) is 42.5 Å². The number of nitrogens with zero attached hydrogens (tertiary/aromatic N) is 2. The fourth-order valence-electron chi connectivity index (χ4n) is 5.46. The van der Waals surface area contributed by atoms with Gasteiger partial charge in [-0.2, -0.15) is 0 Å². The highest BCUT2D eigenvalue weighted by Gasteiger charge is 2.40. The standard InChI is InChI=1S/C28H27N3O4/c32-25-11-10-24(27(33)29-25)31-23-9-8-20(21-2-1-3-22(26(21)23)28(31)34)16-18-4-6-19(7-5-18)17-30-12-14-35-15-13-30/h1-9,24H,10-17H2,(H,29,32,33). The second-order valence-electron chi connectivity index (χ2n) is 9.50. The van der Waals surface area contributed by atoms with E-state index < -0.39 is 11.9 Å². The van der Waals surface area contributed by atoms with Crippen LogP contribution in [-0.2, 0) is 27.3 Å². The lowest BCUT2D eigenvalue weighted by Crippen LogP contribution is -2.53. The van der Waals surface area contributed by atoms with Crippen LogP contribution >= 0.6 is 0 Å². The van der Waals surface area contributed by atoms with Crippen LogP contribution in [0.25, 0.3) is 10.8 Å². The van der Waals surface area contributed by atoms with E-state index in [4.69, 9.17) is 4.74 Å². The minimum atomic E-state index is -0.666. The van der Waals surface area contributed by atoms with Crippen molar-refractivity contribution in [3.63, 3.8) is 0 Å². The molecule has 2 saturated heterocycles. The smallest absolute Gasteiger partial charge is 0.259 e. The molecule has 178 valence electrons. The highest BCUT2D eigenvalue weighted by atomic mass is 16.5. The van der Waals surface area contributed by atoms with E-state index in [9.17, 15) is 14.4 Å². The van der Waals surface area contributed by atoms with Gasteiger partial charge in [0.05, 0.1) is 18.9 Å². The number of anilines is 1. The third-order valence-electron chi connectivity index (χ3n) is 7.27. The third kappa shape index (κ3) is 4.00. The summed E-state index contributed by atoms with van der Waals surface area (Å²) in [5.74, 6) is -0.867. The number of piperidine rings is 1. The average molecular weight is 470 g/mol. The Morgan fingerprint density at radius 1 is 0.914 bits per heavy atom. The number of ether oxygens (including phenoxy) is 1. The van der Waals surface area contributed by atoms with Crippen LogP contribution in [0.3, 0.4) is 0 Å². The Hall–Kier alpha value is -3.55. The third-order valence-corrected chi connectivity index (χ3v) is 7.27. The zero-order valence-corrected chi connectivity index (χ0v) is 19.5. The van der Waals surface area contributed by atoms with E-state index >= 15 is 0 Å². The van der Waals surface area contributed by atoms with Crippen molar-refractivity contribution >= 4 is 34.2 Å². The first-order chi connectivity index (χ1) is 17.1. The normalized spacial score (nSPS) is 20.5. The Bertz CT molecular complexity index is 1330. The Morgan fingerprint density at radius 2 is 1.69 bits per heavy atom. The van der Waals surface area contributed by atoms with Crippen molar-refractivity contribution in [2.24, 2.45) is 0 Å². The number of nitrogens with one attached hydrogen (secondary N) is 1. The number of benzene rings is 3. The van der Waals surface area contributed by atoms with Crippen LogP contribution in [-0.4, -0.2) is 55.0 Å². The quantitative estimate of drug-likeness (QED) is 0.581. The molecule has 0 saturated carbocycles. The Morgan fingerprint density at radius 3 is 2.46 bits per heavy atom. The summed E-state index contributed by atoms with van der Waals surface area (Å²) in [6.07, 6.45) is 1.33. The first-order valence-corrected chi connectivity index (χ1v) is 12.2. The summed E-state index contributed by atoms with van der Waals surface area (Å²) in [6.45, 7) is 4.47. The lowest BCUT2D eigenvalue weighted by molar-refractivity contribution is -0.134. The van der Waals surface area contributed by atoms with Crippen molar-refractivity contribution in [1.82, 2.24) is 10.2 Å². The van der Waals surface area contributed by atoms with E-state index in [0.717, 1.165) is 61.3 Å². The summed E-state index contributed by atoms with van der Waals surface area (Å²) < 4.78 is 5.44. The molecule has 0 aliphatic carbocycles. The van der Waals surface area contributed by atoms with Gasteiger partial charge < -0.3 is 4.74 Å². The van der Waals surface area contributed by atoms with Crippen molar-refractivity contribution in [3.05, 3.63) is 76.9 Å². The molecule has 3 aliphatic rings. The van der Waals surface area contributed by atoms with Gasteiger partial charge in [0, 0.05) is 37.0 Å². The monoisotopic (exact) mass is 469 g/mol. The van der Waals surface area contributed by atoms with Gasteiger partial charge in [0.25, 0.3) is 5.91 Å². The number of rotatable bonds is 5. The van der Waals surface area contributed by atoms with Crippen molar-refractivity contribution in [3.8, 4) is 0 Å². The van der Waals surface area contributed by atoms with Gasteiger partial charge in [0.15, 0.2) is 0 Å². The Kier molecular flexibility index (Phi) is 5.59. The number of amides is 3. The van der Waals surface area contributed by atoms with Gasteiger partial charge in [0.2, 0.25) is 11.8 Å². The number of carbonyl (C=O) groups excluding carboxylic acids is 3. The van der Waals surface area contributed by atoms with Crippen LogP contribution in [0.2, 0.25) is 0 Å². The van der Waals surface area contributed by atoms with E-state index in [0.29, 0.717) is 12.0 Å². The highest BCUT2D eigenvalue weighted by Crippen LogP contribution is 2.41. The molecule has 3 aliphatic heterocycles. The SMILES string of the molecule is O=C1CCC(N2C(=O)c3cccc4c(Cc5ccc(CN6CCOCC6)cc5)ccc2c34)C(=O)N1. The van der Waals surface area contributed by atoms with E-state index in [-0.39, 0.29) is 18.2 Å². The van der Waals surface area contributed by atoms with Gasteiger partial charge in [-0.25, -0.2) is 0 Å². The van der Waals surface area contributed by atoms with Crippen LogP contribution in [0, 0.1) is 0 Å². The molecule has 1 unspecified atom stereocenters. The number of hydrogen-bond donors (Lipinski definition) is 1. The maximum atomic E-state index is 13.3. The summed E-state index contributed by atoms with van der Waals surface area (Å²) in [5.41, 5.74) is 5.01. The van der Waals surface area contributed by atoms with E-state index in [2.05, 4.69) is 40.5 Å². The molecule has 3 aromatic carbocycles. The molecule has 6 rings (SSSR count). The molecule has 3 aromatic rings. The zero-order valence-electron chi connectivity index (χ0n) is 19.5. The summed E-state index contributed by atoms with van der Waals surface area (Å²) in [6, 6.07) is 17.9. The van der Waals surface area contributed by atoms with Crippen LogP contribution in [0.4, 0.5) is 5.69 Å². The highest BCUT2D eigenvalue weighted by molar-refractivity contribution is 6.27. The van der Waals surface area contributed by atoms with Gasteiger partial charge in [0.1, 0.15) is 6.04 Å². The van der Waals surface area contributed by atoms with Crippen LogP contribution in [0.5, 0.6) is 0 Å². The fourth-order valence-corrected chi connectivity index (χ4v) is 5.46. The second-order valence-corrected chi connectivity index (χ2v) is 9.50. The molecule has 0 aromatic heterocycles. The molecule has 1 N–H and O–H groups in total. The predicted molar refractivity (Wildman–Crippen MR) is 132 cm³/mol. The summed E-state index contributed by atoms with van der Waals surface area (Å²) in [7, 11) is 0. The lowest BCUT2D eigenvalue weighted by Gasteiger charge is -2.30. The maximum absolute atomic E-state index is 13.3. The zero-order chi connectivity index (χ0) is 23.9. The average Bonchev–Trinajstić information content (AvgIpc) is 3.15. The first kappa shape index (κ1) is 21.9. The molecule has 7 heteroatoms. The number of imide groups is 1. The molecule has 1 atom stereocenters. The van der Waals surface area contributed by atoms with Crippen LogP contribution < -0.4 is 10.2 Å². The van der Waals surface area contributed by atoms with Gasteiger partial charge in [-0.05, 0) is 47.1 Å². The molecule has 3 amide bonds. The van der Waals surface area contributed by atoms with Gasteiger partial charge >= 0.3 is 0 Å². The maximum Gasteiger partial charge on any atom is 0.259 e. The first-order valence-electron chi connectivity index (χ1n) is 12.2. The summed E-state index contributed by atoms with van der Waals surface area (Å²) in [5, 5.41) is 4.30. The van der Waals surface area contributed by atoms with E-state index in [1.54, 1.807) is 4.90 Å². The van der Waals surface area contributed by atoms with Crippen molar-refractivity contribution in [2.45, 2.75) is 31.8 Å². The van der Waals surface area contributed by atoms with Crippen molar-refractivity contribution < 1.29 is 19.1 Å². The minimum absolute atomic E-state index is 0.176.